The summed E-state index contributed by atoms with van der Waals surface area (Å²) < 4.78 is 21.6. The Morgan fingerprint density at radius 1 is 1.00 bits per heavy atom. The van der Waals surface area contributed by atoms with Crippen molar-refractivity contribution in [2.24, 2.45) is 4.99 Å². The Bertz CT molecular complexity index is 887. The lowest BCUT2D eigenvalue weighted by Crippen LogP contribution is -2.43. The maximum atomic E-state index is 5.44. The monoisotopic (exact) mass is 527 g/mol. The van der Waals surface area contributed by atoms with Gasteiger partial charge in [0.25, 0.3) is 0 Å². The zero-order valence-corrected chi connectivity index (χ0v) is 20.4. The molecule has 0 spiro atoms. The minimum atomic E-state index is -0.143. The summed E-state index contributed by atoms with van der Waals surface area (Å²) in [6, 6.07) is 11.9. The van der Waals surface area contributed by atoms with Crippen LogP contribution in [0.4, 0.5) is 0 Å². The summed E-state index contributed by atoms with van der Waals surface area (Å²) in [5.74, 6) is 3.75. The second kappa shape index (κ2) is 10.6. The molecule has 2 aromatic carbocycles. The van der Waals surface area contributed by atoms with Gasteiger partial charge in [0.15, 0.2) is 29.0 Å². The summed E-state index contributed by atoms with van der Waals surface area (Å²) in [4.78, 5) is 4.33. The molecule has 0 saturated carbocycles. The molecule has 3 rings (SSSR count). The molecule has 0 saturated heterocycles. The third-order valence-corrected chi connectivity index (χ3v) is 4.98. The first-order valence-corrected chi connectivity index (χ1v) is 9.52. The van der Waals surface area contributed by atoms with Crippen molar-refractivity contribution >= 4 is 29.9 Å². The highest BCUT2D eigenvalue weighted by Gasteiger charge is 2.23. The number of rotatable bonds is 7. The van der Waals surface area contributed by atoms with Gasteiger partial charge in [-0.1, -0.05) is 26.0 Å². The van der Waals surface area contributed by atoms with Gasteiger partial charge < -0.3 is 29.6 Å². The average Bonchev–Trinajstić information content (AvgIpc) is 3.21. The predicted octanol–water partition coefficient (Wildman–Crippen LogP) is 3.69. The Morgan fingerprint density at radius 3 is 2.43 bits per heavy atom. The van der Waals surface area contributed by atoms with Crippen LogP contribution in [-0.2, 0) is 12.0 Å². The van der Waals surface area contributed by atoms with Crippen LogP contribution < -0.4 is 29.6 Å². The molecule has 30 heavy (non-hydrogen) atoms. The Hall–Kier alpha value is -2.36. The molecule has 0 radical (unpaired) electrons. The van der Waals surface area contributed by atoms with Crippen molar-refractivity contribution in [1.82, 2.24) is 10.6 Å². The van der Waals surface area contributed by atoms with Gasteiger partial charge in [-0.05, 0) is 35.4 Å². The lowest BCUT2D eigenvalue weighted by Gasteiger charge is -2.27. The molecule has 0 aliphatic carbocycles. The molecule has 8 heteroatoms. The van der Waals surface area contributed by atoms with Crippen LogP contribution in [0.5, 0.6) is 23.0 Å². The number of fused-ring (bicyclic) bond motifs is 1. The van der Waals surface area contributed by atoms with E-state index >= 15 is 0 Å². The predicted molar refractivity (Wildman–Crippen MR) is 129 cm³/mol. The van der Waals surface area contributed by atoms with Gasteiger partial charge in [0.1, 0.15) is 0 Å². The number of methoxy groups -OCH3 is 2. The molecule has 0 fully saturated rings. The summed E-state index contributed by atoms with van der Waals surface area (Å²) >= 11 is 0. The number of benzene rings is 2. The van der Waals surface area contributed by atoms with E-state index in [1.54, 1.807) is 21.3 Å². The van der Waals surface area contributed by atoms with Crippen LogP contribution in [0.25, 0.3) is 0 Å². The Balaban J connectivity index is 0.00000320. The third kappa shape index (κ3) is 5.62. The first kappa shape index (κ1) is 23.9. The summed E-state index contributed by atoms with van der Waals surface area (Å²) in [5, 5.41) is 6.75. The van der Waals surface area contributed by atoms with E-state index in [1.807, 2.05) is 30.3 Å². The average molecular weight is 527 g/mol. The third-order valence-electron chi connectivity index (χ3n) is 4.98. The van der Waals surface area contributed by atoms with Crippen molar-refractivity contribution in [3.8, 4) is 23.0 Å². The van der Waals surface area contributed by atoms with E-state index in [0.717, 1.165) is 40.1 Å². The van der Waals surface area contributed by atoms with Crippen LogP contribution in [0.15, 0.2) is 41.4 Å². The fourth-order valence-electron chi connectivity index (χ4n) is 3.12. The van der Waals surface area contributed by atoms with E-state index in [1.165, 1.54) is 0 Å². The summed E-state index contributed by atoms with van der Waals surface area (Å²) in [6.07, 6.45) is 0. The van der Waals surface area contributed by atoms with Crippen molar-refractivity contribution in [2.45, 2.75) is 25.8 Å². The maximum absolute atomic E-state index is 5.44. The minimum absolute atomic E-state index is 0. The molecule has 0 amide bonds. The fourth-order valence-corrected chi connectivity index (χ4v) is 3.12. The second-order valence-corrected chi connectivity index (χ2v) is 7.42. The van der Waals surface area contributed by atoms with Crippen LogP contribution in [0.2, 0.25) is 0 Å². The molecule has 7 nitrogen and oxygen atoms in total. The van der Waals surface area contributed by atoms with E-state index in [-0.39, 0.29) is 36.2 Å². The van der Waals surface area contributed by atoms with Gasteiger partial charge in [0, 0.05) is 25.6 Å². The molecule has 0 atom stereocenters. The Labute approximate surface area is 195 Å². The van der Waals surface area contributed by atoms with E-state index in [2.05, 4.69) is 35.5 Å². The smallest absolute Gasteiger partial charge is 0.231 e. The SMILES string of the molecule is CN=C(NCc1ccc2c(c1)OCO2)NCC(C)(C)c1ccc(OC)c(OC)c1.I. The minimum Gasteiger partial charge on any atom is -0.493 e. The van der Waals surface area contributed by atoms with Gasteiger partial charge in [-0.15, -0.1) is 24.0 Å². The van der Waals surface area contributed by atoms with Crippen LogP contribution in [0.1, 0.15) is 25.0 Å². The largest absolute Gasteiger partial charge is 0.493 e. The molecule has 164 valence electrons. The Morgan fingerprint density at radius 2 is 1.73 bits per heavy atom. The normalized spacial score (nSPS) is 12.8. The number of nitrogens with one attached hydrogen (secondary N) is 2. The zero-order chi connectivity index (χ0) is 20.9. The fraction of sp³-hybridized carbons (Fsp3) is 0.409. The van der Waals surface area contributed by atoms with Crippen molar-refractivity contribution in [3.63, 3.8) is 0 Å². The summed E-state index contributed by atoms with van der Waals surface area (Å²) in [6.45, 7) is 5.95. The molecule has 1 heterocycles. The number of nitrogens with zero attached hydrogens (tertiary/aromatic N) is 1. The van der Waals surface area contributed by atoms with Crippen LogP contribution in [-0.4, -0.2) is 40.6 Å². The summed E-state index contributed by atoms with van der Waals surface area (Å²) in [7, 11) is 5.05. The first-order valence-electron chi connectivity index (χ1n) is 9.52. The number of hydrogen-bond acceptors (Lipinski definition) is 5. The van der Waals surface area contributed by atoms with Crippen LogP contribution in [0.3, 0.4) is 0 Å². The standard InChI is InChI=1S/C22H29N3O4.HI/c1-22(2,16-7-9-17(26-4)19(11-16)27-5)13-25-21(23-3)24-12-15-6-8-18-20(10-15)29-14-28-18;/h6-11H,12-14H2,1-5H3,(H2,23,24,25);1H. The highest BCUT2D eigenvalue weighted by Crippen LogP contribution is 2.33. The number of guanidine groups is 1. The molecule has 2 aromatic rings. The van der Waals surface area contributed by atoms with Gasteiger partial charge in [-0.25, -0.2) is 0 Å². The lowest BCUT2D eigenvalue weighted by molar-refractivity contribution is 0.174. The number of ether oxygens (including phenoxy) is 4. The molecular weight excluding hydrogens is 497 g/mol. The van der Waals surface area contributed by atoms with Crippen LogP contribution in [0, 0.1) is 0 Å². The Kier molecular flexibility index (Phi) is 8.45. The summed E-state index contributed by atoms with van der Waals surface area (Å²) in [5.41, 5.74) is 2.10. The van der Waals surface area contributed by atoms with Crippen LogP contribution >= 0.6 is 24.0 Å². The van der Waals surface area contributed by atoms with E-state index in [0.29, 0.717) is 13.1 Å². The number of aliphatic imine (C=N–C) groups is 1. The van der Waals surface area contributed by atoms with E-state index < -0.39 is 0 Å². The quantitative estimate of drug-likeness (QED) is 0.325. The topological polar surface area (TPSA) is 73.3 Å². The maximum Gasteiger partial charge on any atom is 0.231 e. The molecule has 0 bridgehead atoms. The van der Waals surface area contributed by atoms with Crippen molar-refractivity contribution in [2.75, 3.05) is 34.6 Å². The van der Waals surface area contributed by atoms with E-state index in [9.17, 15) is 0 Å². The van der Waals surface area contributed by atoms with Crippen molar-refractivity contribution < 1.29 is 18.9 Å². The van der Waals surface area contributed by atoms with Gasteiger partial charge >= 0.3 is 0 Å². The van der Waals surface area contributed by atoms with Gasteiger partial charge in [-0.2, -0.15) is 0 Å². The molecule has 1 aliphatic heterocycles. The zero-order valence-electron chi connectivity index (χ0n) is 18.1. The van der Waals surface area contributed by atoms with E-state index in [4.69, 9.17) is 18.9 Å². The second-order valence-electron chi connectivity index (χ2n) is 7.42. The first-order chi connectivity index (χ1) is 14.0. The van der Waals surface area contributed by atoms with Crippen molar-refractivity contribution in [3.05, 3.63) is 47.5 Å². The number of halogens is 1. The van der Waals surface area contributed by atoms with Gasteiger partial charge in [0.2, 0.25) is 6.79 Å². The number of hydrogen-bond donors (Lipinski definition) is 2. The van der Waals surface area contributed by atoms with Crippen molar-refractivity contribution in [1.29, 1.82) is 0 Å². The highest BCUT2D eigenvalue weighted by molar-refractivity contribution is 14.0. The van der Waals surface area contributed by atoms with Gasteiger partial charge in [0.05, 0.1) is 14.2 Å². The molecule has 0 unspecified atom stereocenters. The molecule has 1 aliphatic rings. The molecular formula is C22H30IN3O4. The molecule has 2 N–H and O–H groups in total. The highest BCUT2D eigenvalue weighted by atomic mass is 127. The molecule has 0 aromatic heterocycles. The lowest BCUT2D eigenvalue weighted by atomic mass is 9.84. The van der Waals surface area contributed by atoms with Gasteiger partial charge in [-0.3, -0.25) is 4.99 Å².